The van der Waals surface area contributed by atoms with Crippen molar-refractivity contribution < 1.29 is 9.53 Å². The molecule has 0 saturated carbocycles. The van der Waals surface area contributed by atoms with Crippen LogP contribution in [-0.4, -0.2) is 42.6 Å². The van der Waals surface area contributed by atoms with Crippen molar-refractivity contribution in [1.29, 1.82) is 0 Å². The highest BCUT2D eigenvalue weighted by Crippen LogP contribution is 2.17. The fraction of sp³-hybridized carbons (Fsp3) is 0.538. The van der Waals surface area contributed by atoms with Crippen molar-refractivity contribution in [1.82, 2.24) is 9.88 Å². The number of amides is 1. The molecule has 1 aromatic rings. The van der Waals surface area contributed by atoms with Crippen LogP contribution in [0, 0.1) is 5.92 Å². The average molecular weight is 250 g/mol. The van der Waals surface area contributed by atoms with Crippen molar-refractivity contribution >= 4 is 5.91 Å². The van der Waals surface area contributed by atoms with Crippen molar-refractivity contribution in [3.8, 4) is 0 Å². The number of carbonyl (C=O) groups excluding carboxylic acids is 1. The lowest BCUT2D eigenvalue weighted by Crippen LogP contribution is -2.42. The van der Waals surface area contributed by atoms with Crippen molar-refractivity contribution in [3.05, 3.63) is 34.2 Å². The number of hydrogen-bond donors (Lipinski definition) is 1. The Morgan fingerprint density at radius 3 is 3.17 bits per heavy atom. The molecule has 0 aliphatic carbocycles. The molecule has 2 heterocycles. The SMILES string of the molecule is COCC1CCCN(C(=O)c2ccc[nH]c2=O)C1. The van der Waals surface area contributed by atoms with Crippen LogP contribution >= 0.6 is 0 Å². The lowest BCUT2D eigenvalue weighted by atomic mass is 9.98. The number of aromatic amines is 1. The minimum Gasteiger partial charge on any atom is -0.384 e. The van der Waals surface area contributed by atoms with E-state index in [9.17, 15) is 9.59 Å². The van der Waals surface area contributed by atoms with Crippen LogP contribution in [0.15, 0.2) is 23.1 Å². The largest absolute Gasteiger partial charge is 0.384 e. The van der Waals surface area contributed by atoms with E-state index < -0.39 is 0 Å². The Morgan fingerprint density at radius 1 is 1.61 bits per heavy atom. The van der Waals surface area contributed by atoms with Gasteiger partial charge in [0.05, 0.1) is 6.61 Å². The first kappa shape index (κ1) is 12.8. The second-order valence-electron chi connectivity index (χ2n) is 4.63. The van der Waals surface area contributed by atoms with Crippen LogP contribution in [0.2, 0.25) is 0 Å². The maximum absolute atomic E-state index is 12.2. The van der Waals surface area contributed by atoms with E-state index in [2.05, 4.69) is 4.98 Å². The van der Waals surface area contributed by atoms with Crippen LogP contribution in [0.1, 0.15) is 23.2 Å². The predicted octanol–water partition coefficient (Wildman–Crippen LogP) is 0.874. The molecule has 1 atom stereocenters. The minimum absolute atomic E-state index is 0.183. The summed E-state index contributed by atoms with van der Waals surface area (Å²) < 4.78 is 5.13. The monoisotopic (exact) mass is 250 g/mol. The second kappa shape index (κ2) is 5.82. The summed E-state index contributed by atoms with van der Waals surface area (Å²) >= 11 is 0. The van der Waals surface area contributed by atoms with Gasteiger partial charge < -0.3 is 14.6 Å². The number of ether oxygens (including phenoxy) is 1. The van der Waals surface area contributed by atoms with E-state index in [0.29, 0.717) is 25.6 Å². The number of carbonyl (C=O) groups is 1. The van der Waals surface area contributed by atoms with Crippen molar-refractivity contribution in [2.75, 3.05) is 26.8 Å². The average Bonchev–Trinajstić information content (AvgIpc) is 2.39. The molecule has 98 valence electrons. The fourth-order valence-corrected chi connectivity index (χ4v) is 2.38. The maximum atomic E-state index is 12.2. The number of H-pyrrole nitrogens is 1. The van der Waals surface area contributed by atoms with E-state index in [1.54, 1.807) is 24.1 Å². The number of aromatic nitrogens is 1. The molecule has 0 radical (unpaired) electrons. The zero-order chi connectivity index (χ0) is 13.0. The lowest BCUT2D eigenvalue weighted by molar-refractivity contribution is 0.0569. The zero-order valence-corrected chi connectivity index (χ0v) is 10.5. The molecule has 2 rings (SSSR count). The Balaban J connectivity index is 2.09. The molecule has 18 heavy (non-hydrogen) atoms. The normalized spacial score (nSPS) is 19.8. The van der Waals surface area contributed by atoms with Gasteiger partial charge in [-0.3, -0.25) is 9.59 Å². The standard InChI is InChI=1S/C13H18N2O3/c1-18-9-10-4-3-7-15(8-10)13(17)11-5-2-6-14-12(11)16/h2,5-6,10H,3-4,7-9H2,1H3,(H,14,16). The molecule has 1 N–H and O–H groups in total. The summed E-state index contributed by atoms with van der Waals surface area (Å²) in [6, 6.07) is 3.24. The van der Waals surface area contributed by atoms with E-state index in [0.717, 1.165) is 12.8 Å². The summed E-state index contributed by atoms with van der Waals surface area (Å²) in [4.78, 5) is 28.1. The van der Waals surface area contributed by atoms with Gasteiger partial charge in [-0.1, -0.05) is 0 Å². The number of nitrogens with one attached hydrogen (secondary N) is 1. The molecule has 5 heteroatoms. The highest BCUT2D eigenvalue weighted by molar-refractivity contribution is 5.93. The van der Waals surface area contributed by atoms with Gasteiger partial charge in [0.15, 0.2) is 0 Å². The molecule has 1 aromatic heterocycles. The molecule has 0 spiro atoms. The molecule has 1 aliphatic heterocycles. The number of methoxy groups -OCH3 is 1. The number of nitrogens with zero attached hydrogens (tertiary/aromatic N) is 1. The van der Waals surface area contributed by atoms with Crippen LogP contribution in [0.3, 0.4) is 0 Å². The Morgan fingerprint density at radius 2 is 2.44 bits per heavy atom. The van der Waals surface area contributed by atoms with Gasteiger partial charge in [0, 0.05) is 26.4 Å². The van der Waals surface area contributed by atoms with E-state index in [4.69, 9.17) is 4.74 Å². The van der Waals surface area contributed by atoms with Gasteiger partial charge in [-0.2, -0.15) is 0 Å². The van der Waals surface area contributed by atoms with Crippen molar-refractivity contribution in [2.45, 2.75) is 12.8 Å². The molecule has 0 bridgehead atoms. The van der Waals surface area contributed by atoms with Gasteiger partial charge in [-0.15, -0.1) is 0 Å². The van der Waals surface area contributed by atoms with Crippen LogP contribution in [0.5, 0.6) is 0 Å². The summed E-state index contributed by atoms with van der Waals surface area (Å²) in [6.07, 6.45) is 3.57. The Hall–Kier alpha value is -1.62. The number of rotatable bonds is 3. The smallest absolute Gasteiger partial charge is 0.260 e. The molecular formula is C13H18N2O3. The number of hydrogen-bond acceptors (Lipinski definition) is 3. The van der Waals surface area contributed by atoms with E-state index in [-0.39, 0.29) is 17.0 Å². The minimum atomic E-state index is -0.323. The quantitative estimate of drug-likeness (QED) is 0.866. The molecule has 1 saturated heterocycles. The van der Waals surface area contributed by atoms with Gasteiger partial charge in [-0.05, 0) is 30.9 Å². The summed E-state index contributed by atoms with van der Waals surface area (Å²) in [7, 11) is 1.67. The lowest BCUT2D eigenvalue weighted by Gasteiger charge is -2.32. The molecule has 5 nitrogen and oxygen atoms in total. The maximum Gasteiger partial charge on any atom is 0.260 e. The molecule has 0 aromatic carbocycles. The predicted molar refractivity (Wildman–Crippen MR) is 67.6 cm³/mol. The number of pyridine rings is 1. The summed E-state index contributed by atoms with van der Waals surface area (Å²) in [6.45, 7) is 2.04. The van der Waals surface area contributed by atoms with Gasteiger partial charge in [0.1, 0.15) is 5.56 Å². The highest BCUT2D eigenvalue weighted by Gasteiger charge is 2.25. The van der Waals surface area contributed by atoms with Crippen LogP contribution in [0.4, 0.5) is 0 Å². The first-order valence-electron chi connectivity index (χ1n) is 6.18. The third-order valence-corrected chi connectivity index (χ3v) is 3.26. The number of piperidine rings is 1. The highest BCUT2D eigenvalue weighted by atomic mass is 16.5. The second-order valence-corrected chi connectivity index (χ2v) is 4.63. The van der Waals surface area contributed by atoms with E-state index in [1.807, 2.05) is 0 Å². The van der Waals surface area contributed by atoms with Crippen LogP contribution in [-0.2, 0) is 4.74 Å². The van der Waals surface area contributed by atoms with Crippen molar-refractivity contribution in [3.63, 3.8) is 0 Å². The molecule has 1 amide bonds. The van der Waals surface area contributed by atoms with E-state index in [1.165, 1.54) is 6.20 Å². The molecule has 1 unspecified atom stereocenters. The Labute approximate surface area is 106 Å². The summed E-state index contributed by atoms with van der Waals surface area (Å²) in [5.41, 5.74) is -0.105. The van der Waals surface area contributed by atoms with Gasteiger partial charge in [-0.25, -0.2) is 0 Å². The zero-order valence-electron chi connectivity index (χ0n) is 10.5. The number of likely N-dealkylation sites (tertiary alicyclic amines) is 1. The first-order chi connectivity index (χ1) is 8.72. The Kier molecular flexibility index (Phi) is 4.15. The summed E-state index contributed by atoms with van der Waals surface area (Å²) in [5.74, 6) is 0.188. The van der Waals surface area contributed by atoms with Crippen LogP contribution in [0.25, 0.3) is 0 Å². The van der Waals surface area contributed by atoms with Gasteiger partial charge >= 0.3 is 0 Å². The van der Waals surface area contributed by atoms with Crippen LogP contribution < -0.4 is 5.56 Å². The van der Waals surface area contributed by atoms with E-state index >= 15 is 0 Å². The third kappa shape index (κ3) is 2.79. The fourth-order valence-electron chi connectivity index (χ4n) is 2.38. The Bertz CT molecular complexity index is 467. The topological polar surface area (TPSA) is 62.4 Å². The van der Waals surface area contributed by atoms with Gasteiger partial charge in [0.25, 0.3) is 11.5 Å². The first-order valence-corrected chi connectivity index (χ1v) is 6.18. The molecule has 1 aliphatic rings. The third-order valence-electron chi connectivity index (χ3n) is 3.26. The molecular weight excluding hydrogens is 232 g/mol. The summed E-state index contributed by atoms with van der Waals surface area (Å²) in [5, 5.41) is 0. The van der Waals surface area contributed by atoms with Crippen molar-refractivity contribution in [2.24, 2.45) is 5.92 Å². The van der Waals surface area contributed by atoms with Gasteiger partial charge in [0.2, 0.25) is 0 Å². The molecule has 1 fully saturated rings.